The highest BCUT2D eigenvalue weighted by Crippen LogP contribution is 2.57. The molecule has 6 fully saturated rings. The van der Waals surface area contributed by atoms with E-state index in [0.717, 1.165) is 231 Å². The number of Topliss-reactive ketones (excluding diaryl/α,β-unsaturated/α-hetero) is 2. The van der Waals surface area contributed by atoms with Crippen molar-refractivity contribution in [2.45, 2.75) is 330 Å². The summed E-state index contributed by atoms with van der Waals surface area (Å²) < 4.78 is 29.1. The van der Waals surface area contributed by atoms with Crippen LogP contribution in [0.15, 0.2) is 112 Å². The zero-order valence-electron chi connectivity index (χ0n) is 84.1. The van der Waals surface area contributed by atoms with E-state index in [9.17, 15) is 59.4 Å². The first-order valence-corrected chi connectivity index (χ1v) is 51.2. The van der Waals surface area contributed by atoms with Crippen LogP contribution in [0.4, 0.5) is 0 Å². The first kappa shape index (κ1) is 105. The number of ether oxygens (including phenoxy) is 5. The predicted molar refractivity (Wildman–Crippen MR) is 554 cm³/mol. The van der Waals surface area contributed by atoms with Crippen LogP contribution in [0.3, 0.4) is 0 Å². The van der Waals surface area contributed by atoms with Crippen molar-refractivity contribution in [1.82, 2.24) is 21.3 Å². The third kappa shape index (κ3) is 20.9. The van der Waals surface area contributed by atoms with Gasteiger partial charge in [0.25, 0.3) is 23.6 Å². The van der Waals surface area contributed by atoms with Crippen molar-refractivity contribution in [2.24, 2.45) is 16.7 Å². The molecule has 4 aliphatic heterocycles. The molecule has 0 unspecified atom stereocenters. The van der Waals surface area contributed by atoms with Crippen molar-refractivity contribution in [3.05, 3.63) is 237 Å². The van der Waals surface area contributed by atoms with E-state index in [-0.39, 0.29) is 94.2 Å². The Morgan fingerprint density at radius 3 is 1.09 bits per heavy atom. The van der Waals surface area contributed by atoms with Gasteiger partial charge in [0, 0.05) is 77.8 Å². The Hall–Kier alpha value is -8.92. The van der Waals surface area contributed by atoms with E-state index >= 15 is 0 Å². The molecule has 4 heterocycles. The van der Waals surface area contributed by atoms with Gasteiger partial charge in [0.05, 0.1) is 86.1 Å². The number of aryl methyl sites for hydroxylation is 13. The number of halogens is 3. The number of hydrogen-bond donors (Lipinski definition) is 10. The molecule has 0 saturated heterocycles. The molecule has 18 rings (SSSR count). The van der Waals surface area contributed by atoms with Gasteiger partial charge in [-0.25, -0.2) is 0 Å². The van der Waals surface area contributed by atoms with Gasteiger partial charge in [-0.2, -0.15) is 0 Å². The summed E-state index contributed by atoms with van der Waals surface area (Å²) >= 11 is 11.9. The summed E-state index contributed by atoms with van der Waals surface area (Å²) in [6.07, 6.45) is 22.0. The molecule has 10 N–H and O–H groups in total. The van der Waals surface area contributed by atoms with Crippen LogP contribution in [0.1, 0.15) is 291 Å². The first-order chi connectivity index (χ1) is 64.7. The Bertz CT molecular complexity index is 5880. The number of benzene rings is 6. The molecule has 6 spiro atoms. The van der Waals surface area contributed by atoms with Gasteiger partial charge in [0.15, 0.2) is 11.6 Å². The molecule has 24 heteroatoms. The van der Waals surface area contributed by atoms with E-state index < -0.39 is 27.6 Å². The topological polar surface area (TPSA) is 318 Å². The summed E-state index contributed by atoms with van der Waals surface area (Å²) in [5, 5.41) is 78.4. The lowest BCUT2D eigenvalue weighted by molar-refractivity contribution is -0.117. The van der Waals surface area contributed by atoms with Gasteiger partial charge in [-0.1, -0.05) is 87.5 Å². The molecule has 2 atom stereocenters. The van der Waals surface area contributed by atoms with Gasteiger partial charge in [-0.3, -0.25) is 28.8 Å². The van der Waals surface area contributed by atoms with Crippen molar-refractivity contribution in [2.75, 3.05) is 35.5 Å². The molecule has 738 valence electrons. The van der Waals surface area contributed by atoms with Crippen molar-refractivity contribution in [3.63, 3.8) is 0 Å². The SMILES string of the molecule is COC1CCC2(CC1)CC(=O)C(c1c(C)cc(C)c(C)c1C)=C2O.COC1CCC2(CC1)NC(=O)C(c1c(C)cc(I)cc1C)=C2O.COC1CCC2(CC1)NC(=O)C(c1cc(C)c(Cl)cc1C)=C2O.COC1CCC2(CC1)NC(=O)C(c1cc(C)ccc1Br)=C2O.CO[C@@H]1CCC[C@@]2(CC(=O)C(c3c(C)cc(C)cc3C)=C2O)C1.Cc1cc(C)c(C2=C(O)C3(CCC(C)CC3)NC2=O)c(C)c1. The monoisotopic (exact) mass is 2070 g/mol. The largest absolute Gasteiger partial charge is 0.511 e. The Morgan fingerprint density at radius 2 is 0.679 bits per heavy atom. The maximum Gasteiger partial charge on any atom is 0.256 e. The molecule has 137 heavy (non-hydrogen) atoms. The highest BCUT2D eigenvalue weighted by molar-refractivity contribution is 14.1. The summed E-state index contributed by atoms with van der Waals surface area (Å²) in [5.41, 5.74) is 20.9. The maximum atomic E-state index is 12.9. The molecule has 6 saturated carbocycles. The molecule has 6 aromatic carbocycles. The van der Waals surface area contributed by atoms with Gasteiger partial charge < -0.3 is 75.6 Å². The number of allylic oxidation sites excluding steroid dienone is 4. The number of aliphatic hydroxyl groups excluding tert-OH is 6. The van der Waals surface area contributed by atoms with Crippen LogP contribution < -0.4 is 21.3 Å². The highest BCUT2D eigenvalue weighted by Gasteiger charge is 2.55. The Balaban J connectivity index is 0.000000139. The van der Waals surface area contributed by atoms with Crippen molar-refractivity contribution in [3.8, 4) is 0 Å². The van der Waals surface area contributed by atoms with E-state index in [1.165, 1.54) is 22.3 Å². The molecular weight excluding hydrogens is 1930 g/mol. The van der Waals surface area contributed by atoms with Crippen molar-refractivity contribution < 1.29 is 83.1 Å². The molecule has 8 aliphatic carbocycles. The predicted octanol–water partition coefficient (Wildman–Crippen LogP) is 23.9. The minimum Gasteiger partial charge on any atom is -0.511 e. The van der Waals surface area contributed by atoms with Crippen molar-refractivity contribution >= 4 is 119 Å². The highest BCUT2D eigenvalue weighted by atomic mass is 127. The van der Waals surface area contributed by atoms with Gasteiger partial charge in [0.2, 0.25) is 0 Å². The zero-order valence-corrected chi connectivity index (χ0v) is 88.6. The van der Waals surface area contributed by atoms with E-state index in [0.29, 0.717) is 94.4 Å². The minimum atomic E-state index is -0.637. The number of rotatable bonds is 11. The summed E-state index contributed by atoms with van der Waals surface area (Å²) in [6, 6.07) is 24.0. The van der Waals surface area contributed by atoms with Crippen LogP contribution in [-0.2, 0) is 52.5 Å². The van der Waals surface area contributed by atoms with E-state index in [4.69, 9.17) is 35.3 Å². The van der Waals surface area contributed by atoms with Crippen LogP contribution in [0.25, 0.3) is 33.4 Å². The summed E-state index contributed by atoms with van der Waals surface area (Å²) in [5.74, 6) is 1.62. The second-order valence-electron chi connectivity index (χ2n) is 41.6. The average Bonchev–Trinajstić information content (AvgIpc) is 1.63. The lowest BCUT2D eigenvalue weighted by Crippen LogP contribution is -2.48. The Labute approximate surface area is 837 Å². The second kappa shape index (κ2) is 42.5. The molecule has 4 amide bonds. The fourth-order valence-electron chi connectivity index (χ4n) is 24.3. The third-order valence-corrected chi connectivity index (χ3v) is 34.1. The van der Waals surface area contributed by atoms with Crippen LogP contribution in [0.5, 0.6) is 0 Å². The molecule has 0 aromatic heterocycles. The smallest absolute Gasteiger partial charge is 0.256 e. The molecule has 21 nitrogen and oxygen atoms in total. The van der Waals surface area contributed by atoms with Crippen LogP contribution in [-0.4, -0.2) is 154 Å². The molecule has 6 aromatic rings. The number of carbonyl (C=O) groups excluding carboxylic acids is 6. The van der Waals surface area contributed by atoms with Gasteiger partial charge >= 0.3 is 0 Å². The zero-order chi connectivity index (χ0) is 99.9. The number of carbonyl (C=O) groups is 6. The molecule has 0 radical (unpaired) electrons. The number of ketones is 2. The van der Waals surface area contributed by atoms with Crippen LogP contribution in [0, 0.1) is 124 Å². The van der Waals surface area contributed by atoms with Gasteiger partial charge in [0.1, 0.15) is 34.6 Å². The number of hydrogen-bond acceptors (Lipinski definition) is 17. The van der Waals surface area contributed by atoms with E-state index in [1.54, 1.807) is 35.5 Å². The average molecular weight is 2070 g/mol. The number of aliphatic hydroxyl groups is 6. The van der Waals surface area contributed by atoms with Crippen molar-refractivity contribution in [1.29, 1.82) is 0 Å². The normalized spacial score (nSPS) is 27.9. The maximum absolute atomic E-state index is 12.9. The fourth-order valence-corrected chi connectivity index (χ4v) is 25.9. The third-order valence-electron chi connectivity index (χ3n) is 32.3. The molecular formula is C113H143BrClIN4O17. The fraction of sp³-hybridized carbons (Fsp3) is 0.522. The van der Waals surface area contributed by atoms with Gasteiger partial charge in [-0.05, 0) is 417 Å². The first-order valence-electron chi connectivity index (χ1n) is 48.9. The number of nitrogens with one attached hydrogen (secondary N) is 4. The summed E-state index contributed by atoms with van der Waals surface area (Å²) in [6.45, 7) is 32.4. The van der Waals surface area contributed by atoms with Crippen LogP contribution >= 0.6 is 50.1 Å². The lowest BCUT2D eigenvalue weighted by atomic mass is 9.71. The Kier molecular flexibility index (Phi) is 32.7. The van der Waals surface area contributed by atoms with E-state index in [1.807, 2.05) is 112 Å². The molecule has 12 aliphatic rings. The minimum absolute atomic E-state index is 0.0781. The number of methoxy groups -OCH3 is 5. The van der Waals surface area contributed by atoms with E-state index in [2.05, 4.69) is 132 Å². The molecule has 0 bridgehead atoms. The summed E-state index contributed by atoms with van der Waals surface area (Å²) in [4.78, 5) is 75.9. The standard InChI is InChI=1S/C21H28O3.C20H26O3.C19H25NO2.C18H22ClNO3.C18H22INO3.C17H20BrNO3/c1-12-10-13(2)18(15(4)14(12)3)19-17(22)11-21(20(19)23)8-6-16(24-5)7-9-21;1-12-8-13(2)17(14(3)9-12)18-16(21)11-20(19(18)22)7-5-6-15(10-20)23-4;1-11-5-7-19(8-6-11)17(21)16(18(22)20-19)15-13(3)9-12(2)10-14(15)4;1-10-9-14(19)11(2)8-13(10)15-16(21)18(20-17(15)22)6-4-12(23-3)5-7-18;1-10-8-12(19)9-11(2)14(10)15-16(21)18(20-17(15)22)6-4-13(23-3)5-7-18;1-10-3-4-13(18)12(9-10)14-15(20)17(19-16(14)21)7-5-11(22-2)6-8-17/h10,16,23H,6-9,11H2,1-5H3;8-9,15,22H,5-7,10-11H2,1-4H3;9-11,21H,5-8H2,1-4H3,(H,20,22);8-9,12,21H,4-7H2,1-3H3,(H,20,22);8-9,13,21H,4-7H2,1-3H3,(H,20,22);3-4,9,11,20H,5-8H2,1-2H3,(H,19,21)/t;15-,20+;;;;/m.1..../s1. The second-order valence-corrected chi connectivity index (χ2v) is 44.1. The number of amides is 4. The summed E-state index contributed by atoms with van der Waals surface area (Å²) in [7, 11) is 8.59. The Morgan fingerprint density at radius 1 is 0.336 bits per heavy atom. The van der Waals surface area contributed by atoms with Crippen LogP contribution in [0.2, 0.25) is 5.02 Å². The lowest BCUT2D eigenvalue weighted by Gasteiger charge is -2.37. The quantitative estimate of drug-likeness (QED) is 0.0539. The van der Waals surface area contributed by atoms with Gasteiger partial charge in [-0.15, -0.1) is 0 Å².